The number of sulfone groups is 1. The van der Waals surface area contributed by atoms with E-state index in [2.05, 4.69) is 15.9 Å². The molecule has 0 atom stereocenters. The molecule has 0 saturated carbocycles. The number of halogens is 1. The van der Waals surface area contributed by atoms with Crippen molar-refractivity contribution in [2.75, 3.05) is 7.11 Å². The summed E-state index contributed by atoms with van der Waals surface area (Å²) in [5.74, 6) is -1.36. The highest BCUT2D eigenvalue weighted by molar-refractivity contribution is 9.10. The second-order valence-corrected chi connectivity index (χ2v) is 7.99. The van der Waals surface area contributed by atoms with Gasteiger partial charge in [-0.1, -0.05) is 15.9 Å². The minimum atomic E-state index is -3.86. The van der Waals surface area contributed by atoms with E-state index >= 15 is 0 Å². The largest absolute Gasteiger partial charge is 0.496 e. The summed E-state index contributed by atoms with van der Waals surface area (Å²) in [5.41, 5.74) is 0.422. The lowest BCUT2D eigenvalue weighted by molar-refractivity contribution is -0.139. The Hall–Kier alpha value is -1.08. The Kier molecular flexibility index (Phi) is 4.63. The number of aliphatic carboxylic acids is 1. The van der Waals surface area contributed by atoms with Crippen molar-refractivity contribution in [3.05, 3.63) is 28.2 Å². The Morgan fingerprint density at radius 3 is 2.47 bits per heavy atom. The third-order valence-electron chi connectivity index (χ3n) is 2.88. The van der Waals surface area contributed by atoms with Crippen molar-refractivity contribution < 1.29 is 23.1 Å². The summed E-state index contributed by atoms with van der Waals surface area (Å²) in [6.45, 7) is 2.35. The predicted molar refractivity (Wildman–Crippen MR) is 75.0 cm³/mol. The average Bonchev–Trinajstić information content (AvgIpc) is 2.28. The Morgan fingerprint density at radius 1 is 1.42 bits per heavy atom. The highest BCUT2D eigenvalue weighted by atomic mass is 79.9. The van der Waals surface area contributed by atoms with Gasteiger partial charge < -0.3 is 9.84 Å². The molecule has 0 radical (unpaired) electrons. The Labute approximate surface area is 120 Å². The van der Waals surface area contributed by atoms with Crippen molar-refractivity contribution in [1.29, 1.82) is 0 Å². The van der Waals surface area contributed by atoms with Gasteiger partial charge in [-0.15, -0.1) is 0 Å². The maximum absolute atomic E-state index is 12.2. The van der Waals surface area contributed by atoms with Crippen molar-refractivity contribution in [3.8, 4) is 5.75 Å². The number of carboxylic acid groups (broad SMARTS) is 1. The smallest absolute Gasteiger partial charge is 0.324 e. The SMILES string of the molecule is COc1ccc(Br)cc1CS(=O)(=O)C(C)(C)C(=O)O. The number of methoxy groups -OCH3 is 1. The van der Waals surface area contributed by atoms with E-state index in [-0.39, 0.29) is 0 Å². The minimum absolute atomic E-state index is 0.394. The second kappa shape index (κ2) is 5.50. The zero-order chi connectivity index (χ0) is 14.8. The van der Waals surface area contributed by atoms with Gasteiger partial charge in [0.1, 0.15) is 5.75 Å². The zero-order valence-electron chi connectivity index (χ0n) is 10.8. The first kappa shape index (κ1) is 16.0. The molecule has 106 valence electrons. The van der Waals surface area contributed by atoms with E-state index in [0.717, 1.165) is 0 Å². The van der Waals surface area contributed by atoms with Gasteiger partial charge in [-0.2, -0.15) is 0 Å². The first-order valence-corrected chi connectivity index (χ1v) is 7.84. The van der Waals surface area contributed by atoms with Gasteiger partial charge in [0.25, 0.3) is 0 Å². The van der Waals surface area contributed by atoms with Crippen molar-refractivity contribution in [2.24, 2.45) is 0 Å². The molecule has 0 bridgehead atoms. The van der Waals surface area contributed by atoms with Crippen LogP contribution in [0.2, 0.25) is 0 Å². The third-order valence-corrected chi connectivity index (χ3v) is 5.79. The quantitative estimate of drug-likeness (QED) is 0.880. The molecule has 5 nitrogen and oxygen atoms in total. The molecular formula is C12H15BrO5S. The molecule has 1 rings (SSSR count). The lowest BCUT2D eigenvalue weighted by atomic mass is 10.2. The van der Waals surface area contributed by atoms with Gasteiger partial charge in [-0.25, -0.2) is 8.42 Å². The number of ether oxygens (including phenoxy) is 1. The van der Waals surface area contributed by atoms with Crippen LogP contribution in [-0.2, 0) is 20.4 Å². The molecule has 0 saturated heterocycles. The summed E-state index contributed by atoms with van der Waals surface area (Å²) in [7, 11) is -2.43. The molecule has 0 spiro atoms. The van der Waals surface area contributed by atoms with Crippen LogP contribution in [0.5, 0.6) is 5.75 Å². The monoisotopic (exact) mass is 350 g/mol. The first-order valence-electron chi connectivity index (χ1n) is 5.40. The zero-order valence-corrected chi connectivity index (χ0v) is 13.2. The molecule has 0 aliphatic carbocycles. The van der Waals surface area contributed by atoms with E-state index in [1.165, 1.54) is 21.0 Å². The van der Waals surface area contributed by atoms with Crippen molar-refractivity contribution in [2.45, 2.75) is 24.3 Å². The maximum Gasteiger partial charge on any atom is 0.324 e. The molecule has 1 N–H and O–H groups in total. The lowest BCUT2D eigenvalue weighted by Gasteiger charge is -2.20. The summed E-state index contributed by atoms with van der Waals surface area (Å²) in [5, 5.41) is 9.02. The molecule has 1 aromatic rings. The topological polar surface area (TPSA) is 80.7 Å². The molecule has 0 unspecified atom stereocenters. The van der Waals surface area contributed by atoms with Gasteiger partial charge in [0, 0.05) is 10.0 Å². The second-order valence-electron chi connectivity index (χ2n) is 4.53. The van der Waals surface area contributed by atoms with Crippen LogP contribution in [0.1, 0.15) is 19.4 Å². The molecular weight excluding hydrogens is 336 g/mol. The van der Waals surface area contributed by atoms with Gasteiger partial charge in [-0.3, -0.25) is 4.79 Å². The number of benzene rings is 1. The van der Waals surface area contributed by atoms with Gasteiger partial charge in [0.05, 0.1) is 12.9 Å². The fourth-order valence-electron chi connectivity index (χ4n) is 1.38. The number of hydrogen-bond donors (Lipinski definition) is 1. The van der Waals surface area contributed by atoms with Gasteiger partial charge in [-0.05, 0) is 32.0 Å². The highest BCUT2D eigenvalue weighted by Gasteiger charge is 2.42. The molecule has 0 fully saturated rings. The van der Waals surface area contributed by atoms with Crippen molar-refractivity contribution in [3.63, 3.8) is 0 Å². The summed E-state index contributed by atoms with van der Waals surface area (Å²) in [6.07, 6.45) is 0. The van der Waals surface area contributed by atoms with E-state index in [1.807, 2.05) is 0 Å². The molecule has 0 heterocycles. The Bertz CT molecular complexity index is 592. The minimum Gasteiger partial charge on any atom is -0.496 e. The first-order chi connectivity index (χ1) is 8.61. The van der Waals surface area contributed by atoms with Crippen LogP contribution in [0.15, 0.2) is 22.7 Å². The van der Waals surface area contributed by atoms with E-state index in [0.29, 0.717) is 15.8 Å². The van der Waals surface area contributed by atoms with Crippen LogP contribution in [0.4, 0.5) is 0 Å². The van der Waals surface area contributed by atoms with Crippen LogP contribution < -0.4 is 4.74 Å². The maximum atomic E-state index is 12.2. The Morgan fingerprint density at radius 2 is 2.00 bits per heavy atom. The molecule has 1 aromatic carbocycles. The van der Waals surface area contributed by atoms with Crippen molar-refractivity contribution >= 4 is 31.7 Å². The van der Waals surface area contributed by atoms with E-state index < -0.39 is 26.3 Å². The molecule has 7 heteroatoms. The van der Waals surface area contributed by atoms with Crippen LogP contribution >= 0.6 is 15.9 Å². The summed E-state index contributed by atoms with van der Waals surface area (Å²) in [6, 6.07) is 4.95. The fourth-order valence-corrected chi connectivity index (χ4v) is 3.05. The normalized spacial score (nSPS) is 12.2. The van der Waals surface area contributed by atoms with Gasteiger partial charge in [0.2, 0.25) is 0 Å². The van der Waals surface area contributed by atoms with Crippen LogP contribution in [-0.4, -0.2) is 31.4 Å². The Balaban J connectivity index is 3.22. The van der Waals surface area contributed by atoms with E-state index in [9.17, 15) is 13.2 Å². The summed E-state index contributed by atoms with van der Waals surface area (Å²) >= 11 is 3.25. The van der Waals surface area contributed by atoms with Crippen LogP contribution in [0, 0.1) is 0 Å². The van der Waals surface area contributed by atoms with Gasteiger partial charge in [0.15, 0.2) is 14.6 Å². The summed E-state index contributed by atoms with van der Waals surface area (Å²) < 4.78 is 28.3. The lowest BCUT2D eigenvalue weighted by Crippen LogP contribution is -2.41. The van der Waals surface area contributed by atoms with Crippen LogP contribution in [0.25, 0.3) is 0 Å². The fraction of sp³-hybridized carbons (Fsp3) is 0.417. The standard InChI is InChI=1S/C12H15BrO5S/c1-12(2,11(14)15)19(16,17)7-8-6-9(13)4-5-10(8)18-3/h4-6H,7H2,1-3H3,(H,14,15). The summed E-state index contributed by atoms with van der Waals surface area (Å²) in [4.78, 5) is 11.1. The van der Waals surface area contributed by atoms with Crippen LogP contribution in [0.3, 0.4) is 0 Å². The average molecular weight is 351 g/mol. The third kappa shape index (κ3) is 3.27. The number of rotatable bonds is 5. The van der Waals surface area contributed by atoms with Crippen molar-refractivity contribution in [1.82, 2.24) is 0 Å². The van der Waals surface area contributed by atoms with E-state index in [1.54, 1.807) is 18.2 Å². The molecule has 0 aliphatic heterocycles. The molecule has 0 amide bonds. The number of carboxylic acids is 1. The van der Waals surface area contributed by atoms with E-state index in [4.69, 9.17) is 9.84 Å². The number of hydrogen-bond acceptors (Lipinski definition) is 4. The predicted octanol–water partition coefficient (Wildman–Crippen LogP) is 2.24. The highest BCUT2D eigenvalue weighted by Crippen LogP contribution is 2.29. The molecule has 0 aliphatic rings. The molecule has 19 heavy (non-hydrogen) atoms. The van der Waals surface area contributed by atoms with Gasteiger partial charge >= 0.3 is 5.97 Å². The molecule has 0 aromatic heterocycles. The number of carbonyl (C=O) groups is 1.